The summed E-state index contributed by atoms with van der Waals surface area (Å²) in [5.41, 5.74) is 3.04. The Kier molecular flexibility index (Phi) is 4.60. The minimum absolute atomic E-state index is 0.0786. The van der Waals surface area contributed by atoms with Gasteiger partial charge in [-0.25, -0.2) is 0 Å². The highest BCUT2D eigenvalue weighted by Crippen LogP contribution is 2.32. The topological polar surface area (TPSA) is 50.8 Å². The summed E-state index contributed by atoms with van der Waals surface area (Å²) in [5.74, 6) is 1.20. The molecule has 0 radical (unpaired) electrons. The van der Waals surface area contributed by atoms with Crippen LogP contribution < -0.4 is 19.7 Å². The van der Waals surface area contributed by atoms with Crippen molar-refractivity contribution < 1.29 is 14.3 Å². The Morgan fingerprint density at radius 2 is 2.00 bits per heavy atom. The third-order valence-electron chi connectivity index (χ3n) is 4.34. The van der Waals surface area contributed by atoms with E-state index in [2.05, 4.69) is 29.3 Å². The van der Waals surface area contributed by atoms with Gasteiger partial charge in [-0.3, -0.25) is 4.79 Å². The Hall–Kier alpha value is -2.69. The molecule has 2 aromatic carbocycles. The number of carbonyl (C=O) groups excluding carboxylic acids is 1. The highest BCUT2D eigenvalue weighted by molar-refractivity contribution is 5.96. The second-order valence-corrected chi connectivity index (χ2v) is 5.92. The van der Waals surface area contributed by atoms with Gasteiger partial charge >= 0.3 is 0 Å². The van der Waals surface area contributed by atoms with Crippen molar-refractivity contribution in [1.29, 1.82) is 0 Å². The van der Waals surface area contributed by atoms with Crippen LogP contribution in [0.5, 0.6) is 11.5 Å². The number of methoxy groups -OCH3 is 2. The maximum absolute atomic E-state index is 12.5. The Morgan fingerprint density at radius 3 is 2.75 bits per heavy atom. The minimum Gasteiger partial charge on any atom is -0.497 e. The van der Waals surface area contributed by atoms with Crippen LogP contribution in [-0.2, 0) is 11.2 Å². The maximum atomic E-state index is 12.5. The fraction of sp³-hybridized carbons (Fsp3) is 0.316. The molecule has 5 heteroatoms. The van der Waals surface area contributed by atoms with E-state index >= 15 is 0 Å². The molecule has 0 aliphatic carbocycles. The first-order valence-electron chi connectivity index (χ1n) is 7.98. The van der Waals surface area contributed by atoms with Gasteiger partial charge in [-0.2, -0.15) is 0 Å². The molecule has 1 heterocycles. The number of rotatable bonds is 5. The van der Waals surface area contributed by atoms with Crippen LogP contribution in [0.25, 0.3) is 0 Å². The first-order chi connectivity index (χ1) is 11.6. The monoisotopic (exact) mass is 326 g/mol. The van der Waals surface area contributed by atoms with Crippen molar-refractivity contribution in [2.45, 2.75) is 19.4 Å². The molecule has 0 saturated carbocycles. The van der Waals surface area contributed by atoms with E-state index in [4.69, 9.17) is 9.47 Å². The average Bonchev–Trinajstić information content (AvgIpc) is 2.90. The zero-order valence-corrected chi connectivity index (χ0v) is 14.2. The van der Waals surface area contributed by atoms with Gasteiger partial charge < -0.3 is 19.7 Å². The molecule has 0 aromatic heterocycles. The number of para-hydroxylation sites is 1. The number of hydrogen-bond donors (Lipinski definition) is 1. The Labute approximate surface area is 142 Å². The van der Waals surface area contributed by atoms with Crippen molar-refractivity contribution in [3.63, 3.8) is 0 Å². The Balaban J connectivity index is 1.75. The van der Waals surface area contributed by atoms with Crippen LogP contribution in [-0.4, -0.2) is 32.7 Å². The van der Waals surface area contributed by atoms with Gasteiger partial charge in [0, 0.05) is 17.8 Å². The largest absolute Gasteiger partial charge is 0.497 e. The molecule has 5 nitrogen and oxygen atoms in total. The van der Waals surface area contributed by atoms with Crippen molar-refractivity contribution in [1.82, 2.24) is 0 Å². The number of fused-ring (bicyclic) bond motifs is 1. The molecule has 3 rings (SSSR count). The number of anilines is 2. The zero-order valence-electron chi connectivity index (χ0n) is 14.2. The van der Waals surface area contributed by atoms with Gasteiger partial charge in [-0.15, -0.1) is 0 Å². The van der Waals surface area contributed by atoms with Gasteiger partial charge in [0.05, 0.1) is 26.5 Å². The molecule has 1 amide bonds. The van der Waals surface area contributed by atoms with Crippen LogP contribution in [0.3, 0.4) is 0 Å². The van der Waals surface area contributed by atoms with Crippen molar-refractivity contribution in [2.24, 2.45) is 0 Å². The van der Waals surface area contributed by atoms with Crippen LogP contribution in [0.2, 0.25) is 0 Å². The zero-order chi connectivity index (χ0) is 17.1. The molecule has 126 valence electrons. The van der Waals surface area contributed by atoms with Crippen molar-refractivity contribution in [3.8, 4) is 11.5 Å². The summed E-state index contributed by atoms with van der Waals surface area (Å²) in [6.07, 6.45) is 0.964. The first kappa shape index (κ1) is 16.2. The molecule has 0 fully saturated rings. The van der Waals surface area contributed by atoms with E-state index in [0.717, 1.165) is 12.1 Å². The number of nitrogens with zero attached hydrogens (tertiary/aromatic N) is 1. The minimum atomic E-state index is -0.0786. The third kappa shape index (κ3) is 3.15. The van der Waals surface area contributed by atoms with Gasteiger partial charge in [0.2, 0.25) is 5.91 Å². The second kappa shape index (κ2) is 6.83. The molecule has 1 atom stereocenters. The number of carbonyl (C=O) groups is 1. The van der Waals surface area contributed by atoms with E-state index in [1.807, 2.05) is 12.1 Å². The first-order valence-corrected chi connectivity index (χ1v) is 7.98. The van der Waals surface area contributed by atoms with E-state index in [1.54, 1.807) is 32.4 Å². The molecule has 2 aromatic rings. The van der Waals surface area contributed by atoms with Gasteiger partial charge in [-0.1, -0.05) is 18.2 Å². The van der Waals surface area contributed by atoms with Crippen LogP contribution in [0, 0.1) is 0 Å². The number of amides is 1. The molecule has 1 N–H and O–H groups in total. The Morgan fingerprint density at radius 1 is 1.21 bits per heavy atom. The van der Waals surface area contributed by atoms with E-state index in [1.165, 1.54) is 5.56 Å². The number of nitrogens with one attached hydrogen (secondary N) is 1. The summed E-state index contributed by atoms with van der Waals surface area (Å²) >= 11 is 0. The van der Waals surface area contributed by atoms with Gasteiger partial charge in [0.1, 0.15) is 11.5 Å². The summed E-state index contributed by atoms with van der Waals surface area (Å²) < 4.78 is 10.5. The summed E-state index contributed by atoms with van der Waals surface area (Å²) in [4.78, 5) is 14.7. The highest BCUT2D eigenvalue weighted by atomic mass is 16.5. The highest BCUT2D eigenvalue weighted by Gasteiger charge is 2.27. The maximum Gasteiger partial charge on any atom is 0.244 e. The molecule has 1 aliphatic rings. The number of hydrogen-bond acceptors (Lipinski definition) is 4. The lowest BCUT2D eigenvalue weighted by Gasteiger charge is -2.24. The van der Waals surface area contributed by atoms with Crippen LogP contribution >= 0.6 is 0 Å². The predicted molar refractivity (Wildman–Crippen MR) is 95.1 cm³/mol. The van der Waals surface area contributed by atoms with Crippen LogP contribution in [0.1, 0.15) is 12.5 Å². The lowest BCUT2D eigenvalue weighted by molar-refractivity contribution is -0.115. The quantitative estimate of drug-likeness (QED) is 0.917. The summed E-state index contributed by atoms with van der Waals surface area (Å²) in [6.45, 7) is 2.44. The standard InChI is InChI=1S/C19H22N2O3/c1-13-10-14-6-4-5-7-17(14)21(13)12-19(22)20-16-11-15(23-2)8-9-18(16)24-3/h4-9,11,13H,10,12H2,1-3H3,(H,20,22). The van der Waals surface area contributed by atoms with Crippen molar-refractivity contribution >= 4 is 17.3 Å². The van der Waals surface area contributed by atoms with E-state index in [9.17, 15) is 4.79 Å². The summed E-state index contributed by atoms with van der Waals surface area (Å²) in [6, 6.07) is 13.9. The molecule has 0 bridgehead atoms. The summed E-state index contributed by atoms with van der Waals surface area (Å²) in [5, 5.41) is 2.93. The van der Waals surface area contributed by atoms with Crippen molar-refractivity contribution in [3.05, 3.63) is 48.0 Å². The van der Waals surface area contributed by atoms with E-state index in [0.29, 0.717) is 29.8 Å². The van der Waals surface area contributed by atoms with Crippen LogP contribution in [0.15, 0.2) is 42.5 Å². The number of benzene rings is 2. The third-order valence-corrected chi connectivity index (χ3v) is 4.34. The van der Waals surface area contributed by atoms with E-state index < -0.39 is 0 Å². The van der Waals surface area contributed by atoms with Gasteiger partial charge in [0.15, 0.2) is 0 Å². The fourth-order valence-electron chi connectivity index (χ4n) is 3.13. The van der Waals surface area contributed by atoms with Gasteiger partial charge in [0.25, 0.3) is 0 Å². The molecule has 0 spiro atoms. The molecular formula is C19H22N2O3. The normalized spacial score (nSPS) is 15.8. The molecule has 0 saturated heterocycles. The molecule has 24 heavy (non-hydrogen) atoms. The second-order valence-electron chi connectivity index (χ2n) is 5.92. The van der Waals surface area contributed by atoms with Crippen molar-refractivity contribution in [2.75, 3.05) is 31.0 Å². The number of ether oxygens (including phenoxy) is 2. The smallest absolute Gasteiger partial charge is 0.244 e. The lowest BCUT2D eigenvalue weighted by Crippen LogP contribution is -2.37. The Bertz CT molecular complexity index is 745. The lowest BCUT2D eigenvalue weighted by atomic mass is 10.1. The van der Waals surface area contributed by atoms with E-state index in [-0.39, 0.29) is 5.91 Å². The predicted octanol–water partition coefficient (Wildman–Crippen LogP) is 3.09. The van der Waals surface area contributed by atoms with Crippen LogP contribution in [0.4, 0.5) is 11.4 Å². The average molecular weight is 326 g/mol. The summed E-state index contributed by atoms with van der Waals surface area (Å²) in [7, 11) is 3.17. The molecule has 1 aliphatic heterocycles. The fourth-order valence-corrected chi connectivity index (χ4v) is 3.13. The molecule has 1 unspecified atom stereocenters. The van der Waals surface area contributed by atoms with Gasteiger partial charge in [-0.05, 0) is 37.1 Å². The molecular weight excluding hydrogens is 304 g/mol. The SMILES string of the molecule is COc1ccc(OC)c(NC(=O)CN2c3ccccc3CC2C)c1.